The van der Waals surface area contributed by atoms with E-state index in [0.717, 1.165) is 36.8 Å². The molecule has 0 N–H and O–H groups in total. The Bertz CT molecular complexity index is 681. The number of esters is 1. The van der Waals surface area contributed by atoms with Gasteiger partial charge in [-0.05, 0) is 48.8 Å². The van der Waals surface area contributed by atoms with E-state index in [1.807, 2.05) is 6.92 Å². The fraction of sp³-hybridized carbons (Fsp3) is 0.522. The third-order valence-electron chi connectivity index (χ3n) is 4.75. The Labute approximate surface area is 163 Å². The Morgan fingerprint density at radius 2 is 1.52 bits per heavy atom. The summed E-state index contributed by atoms with van der Waals surface area (Å²) in [6.45, 7) is 6.39. The zero-order valence-electron chi connectivity index (χ0n) is 16.9. The number of hydrogen-bond acceptors (Lipinski definition) is 4. The predicted octanol–water partition coefficient (Wildman–Crippen LogP) is 5.86. The minimum Gasteiger partial charge on any atom is -0.452 e. The quantitative estimate of drug-likeness (QED) is 0.368. The van der Waals surface area contributed by atoms with Crippen LogP contribution in [-0.4, -0.2) is 15.9 Å². The van der Waals surface area contributed by atoms with Gasteiger partial charge in [0, 0.05) is 12.4 Å². The van der Waals surface area contributed by atoms with Crippen LogP contribution < -0.4 is 0 Å². The molecule has 0 spiro atoms. The van der Waals surface area contributed by atoms with E-state index in [-0.39, 0.29) is 11.9 Å². The summed E-state index contributed by atoms with van der Waals surface area (Å²) in [4.78, 5) is 20.8. The zero-order chi connectivity index (χ0) is 19.5. The highest BCUT2D eigenvalue weighted by Gasteiger charge is 2.18. The molecule has 1 heterocycles. The lowest BCUT2D eigenvalue weighted by atomic mass is 10.0. The molecule has 0 amide bonds. The number of unbranched alkanes of at least 4 members (excludes halogenated alkanes) is 3. The van der Waals surface area contributed by atoms with Crippen LogP contribution in [0.15, 0.2) is 36.7 Å². The number of benzene rings is 1. The summed E-state index contributed by atoms with van der Waals surface area (Å²) in [6.07, 6.45) is 11.8. The van der Waals surface area contributed by atoms with Gasteiger partial charge in [0.1, 0.15) is 6.10 Å². The molecule has 0 radical (unpaired) electrons. The monoisotopic (exact) mass is 368 g/mol. The van der Waals surface area contributed by atoms with Crippen molar-refractivity contribution < 1.29 is 9.53 Å². The minimum atomic E-state index is -0.461. The lowest BCUT2D eigenvalue weighted by Gasteiger charge is -2.16. The standard InChI is InChI=1S/C23H32N2O2/c1-4-7-9-11-19-16-24-22(25-17-19)23(26)27-21(6-3)20-14-12-18(13-15-20)10-8-5-2/h12-17,21H,4-11H2,1-3H3. The number of carbonyl (C=O) groups excluding carboxylic acids is 1. The van der Waals surface area contributed by atoms with Gasteiger partial charge in [-0.25, -0.2) is 14.8 Å². The number of rotatable bonds is 11. The van der Waals surface area contributed by atoms with E-state index in [1.165, 1.54) is 31.2 Å². The SMILES string of the molecule is CCCCCc1cnc(C(=O)OC(CC)c2ccc(CCCC)cc2)nc1. The lowest BCUT2D eigenvalue weighted by Crippen LogP contribution is -2.14. The Hall–Kier alpha value is -2.23. The van der Waals surface area contributed by atoms with Crippen LogP contribution in [-0.2, 0) is 17.6 Å². The summed E-state index contributed by atoms with van der Waals surface area (Å²) in [7, 11) is 0. The third kappa shape index (κ3) is 6.78. The minimum absolute atomic E-state index is 0.132. The van der Waals surface area contributed by atoms with E-state index in [1.54, 1.807) is 12.4 Å². The zero-order valence-corrected chi connectivity index (χ0v) is 16.9. The second-order valence-electron chi connectivity index (χ2n) is 7.02. The number of aryl methyl sites for hydroxylation is 2. The summed E-state index contributed by atoms with van der Waals surface area (Å²) >= 11 is 0. The molecule has 4 nitrogen and oxygen atoms in total. The average molecular weight is 369 g/mol. The van der Waals surface area contributed by atoms with E-state index in [4.69, 9.17) is 4.74 Å². The summed E-state index contributed by atoms with van der Waals surface area (Å²) < 4.78 is 5.67. The molecule has 146 valence electrons. The molecule has 0 bridgehead atoms. The summed E-state index contributed by atoms with van der Waals surface area (Å²) in [5.74, 6) is -0.329. The van der Waals surface area contributed by atoms with Crippen LogP contribution in [0.5, 0.6) is 0 Å². The van der Waals surface area contributed by atoms with Gasteiger partial charge in [-0.3, -0.25) is 0 Å². The number of aromatic nitrogens is 2. The first-order valence-corrected chi connectivity index (χ1v) is 10.3. The molecule has 1 aromatic carbocycles. The Kier molecular flexibility index (Phi) is 8.96. The van der Waals surface area contributed by atoms with Crippen LogP contribution in [0.3, 0.4) is 0 Å². The van der Waals surface area contributed by atoms with Gasteiger partial charge in [0.05, 0.1) is 0 Å². The van der Waals surface area contributed by atoms with E-state index in [2.05, 4.69) is 48.1 Å². The molecule has 0 aliphatic carbocycles. The molecule has 0 aliphatic heterocycles. The Balaban J connectivity index is 1.95. The van der Waals surface area contributed by atoms with Crippen molar-refractivity contribution in [3.05, 3.63) is 59.2 Å². The van der Waals surface area contributed by atoms with Gasteiger partial charge in [0.15, 0.2) is 0 Å². The molecule has 1 atom stereocenters. The fourth-order valence-corrected chi connectivity index (χ4v) is 3.02. The first-order chi connectivity index (χ1) is 13.2. The van der Waals surface area contributed by atoms with Crippen molar-refractivity contribution in [1.82, 2.24) is 9.97 Å². The summed E-state index contributed by atoms with van der Waals surface area (Å²) in [6, 6.07) is 8.38. The first kappa shape index (κ1) is 21.1. The maximum Gasteiger partial charge on any atom is 0.376 e. The molecule has 1 unspecified atom stereocenters. The largest absolute Gasteiger partial charge is 0.452 e. The van der Waals surface area contributed by atoms with Crippen molar-refractivity contribution in [2.24, 2.45) is 0 Å². The molecule has 2 rings (SSSR count). The van der Waals surface area contributed by atoms with Crippen molar-refractivity contribution >= 4 is 5.97 Å². The van der Waals surface area contributed by atoms with Gasteiger partial charge < -0.3 is 4.74 Å². The Morgan fingerprint density at radius 1 is 0.889 bits per heavy atom. The molecule has 0 saturated carbocycles. The highest BCUT2D eigenvalue weighted by molar-refractivity contribution is 5.85. The molecule has 1 aromatic heterocycles. The van der Waals surface area contributed by atoms with E-state index in [0.29, 0.717) is 0 Å². The molecule has 0 saturated heterocycles. The van der Waals surface area contributed by atoms with E-state index < -0.39 is 5.97 Å². The van der Waals surface area contributed by atoms with Gasteiger partial charge in [-0.1, -0.05) is 64.3 Å². The van der Waals surface area contributed by atoms with Crippen molar-refractivity contribution in [3.8, 4) is 0 Å². The lowest BCUT2D eigenvalue weighted by molar-refractivity contribution is 0.0273. The number of hydrogen-bond donors (Lipinski definition) is 0. The van der Waals surface area contributed by atoms with Crippen LogP contribution in [0.4, 0.5) is 0 Å². The van der Waals surface area contributed by atoms with Crippen molar-refractivity contribution in [3.63, 3.8) is 0 Å². The number of carbonyl (C=O) groups is 1. The molecule has 0 fully saturated rings. The van der Waals surface area contributed by atoms with E-state index >= 15 is 0 Å². The third-order valence-corrected chi connectivity index (χ3v) is 4.75. The molecular formula is C23H32N2O2. The van der Waals surface area contributed by atoms with Crippen molar-refractivity contribution in [2.75, 3.05) is 0 Å². The van der Waals surface area contributed by atoms with Gasteiger partial charge in [-0.2, -0.15) is 0 Å². The van der Waals surface area contributed by atoms with Crippen LogP contribution in [0.1, 0.15) is 92.7 Å². The second kappa shape index (κ2) is 11.5. The van der Waals surface area contributed by atoms with Crippen molar-refractivity contribution in [1.29, 1.82) is 0 Å². The van der Waals surface area contributed by atoms with Crippen LogP contribution >= 0.6 is 0 Å². The van der Waals surface area contributed by atoms with Crippen LogP contribution in [0.25, 0.3) is 0 Å². The van der Waals surface area contributed by atoms with Gasteiger partial charge in [0.2, 0.25) is 5.82 Å². The molecule has 2 aromatic rings. The number of nitrogens with zero attached hydrogens (tertiary/aromatic N) is 2. The molecule has 0 aliphatic rings. The first-order valence-electron chi connectivity index (χ1n) is 10.3. The van der Waals surface area contributed by atoms with Gasteiger partial charge in [-0.15, -0.1) is 0 Å². The van der Waals surface area contributed by atoms with E-state index in [9.17, 15) is 4.79 Å². The maximum absolute atomic E-state index is 12.4. The normalized spacial score (nSPS) is 12.0. The number of ether oxygens (including phenoxy) is 1. The van der Waals surface area contributed by atoms with Crippen LogP contribution in [0, 0.1) is 0 Å². The topological polar surface area (TPSA) is 52.1 Å². The smallest absolute Gasteiger partial charge is 0.376 e. The second-order valence-corrected chi connectivity index (χ2v) is 7.02. The summed E-state index contributed by atoms with van der Waals surface area (Å²) in [5.41, 5.74) is 3.40. The highest BCUT2D eigenvalue weighted by Crippen LogP contribution is 2.23. The Morgan fingerprint density at radius 3 is 2.11 bits per heavy atom. The average Bonchev–Trinajstić information content (AvgIpc) is 2.71. The van der Waals surface area contributed by atoms with Gasteiger partial charge in [0.25, 0.3) is 0 Å². The van der Waals surface area contributed by atoms with Crippen LogP contribution in [0.2, 0.25) is 0 Å². The van der Waals surface area contributed by atoms with Crippen molar-refractivity contribution in [2.45, 2.75) is 78.2 Å². The molecular weight excluding hydrogens is 336 g/mol. The predicted molar refractivity (Wildman–Crippen MR) is 109 cm³/mol. The fourth-order valence-electron chi connectivity index (χ4n) is 3.02. The highest BCUT2D eigenvalue weighted by atomic mass is 16.5. The maximum atomic E-state index is 12.4. The molecule has 4 heteroatoms. The molecule has 27 heavy (non-hydrogen) atoms. The summed E-state index contributed by atoms with van der Waals surface area (Å²) in [5, 5.41) is 0. The van der Waals surface area contributed by atoms with Gasteiger partial charge >= 0.3 is 5.97 Å².